The topological polar surface area (TPSA) is 143 Å². The predicted molar refractivity (Wildman–Crippen MR) is 109 cm³/mol. The minimum Gasteiger partial charge on any atom is -0.478 e. The third-order valence-corrected chi connectivity index (χ3v) is 5.75. The van der Waals surface area contributed by atoms with Crippen molar-refractivity contribution in [2.24, 2.45) is 0 Å². The fraction of sp³-hybridized carbons (Fsp3) is 0.0909. The maximum absolute atomic E-state index is 13.0. The molecule has 2 N–H and O–H groups in total. The van der Waals surface area contributed by atoms with E-state index >= 15 is 0 Å². The highest BCUT2D eigenvalue weighted by molar-refractivity contribution is 7.91. The SMILES string of the molecule is O=C(O)/C=C/C(=O)Cc1cccc(S(=O)(=O)c2cccc(CC(=O)/C=C/C(=O)O)c2)c1. The Morgan fingerprint density at radius 1 is 0.677 bits per heavy atom. The van der Waals surface area contributed by atoms with Gasteiger partial charge in [-0.25, -0.2) is 18.0 Å². The van der Waals surface area contributed by atoms with Gasteiger partial charge in [-0.05, 0) is 47.5 Å². The van der Waals surface area contributed by atoms with Gasteiger partial charge >= 0.3 is 11.9 Å². The first-order valence-corrected chi connectivity index (χ1v) is 10.4. The van der Waals surface area contributed by atoms with E-state index in [1.807, 2.05) is 0 Å². The zero-order valence-electron chi connectivity index (χ0n) is 16.1. The molecule has 0 spiro atoms. The van der Waals surface area contributed by atoms with Crippen LogP contribution in [0.1, 0.15) is 11.1 Å². The lowest BCUT2D eigenvalue weighted by Gasteiger charge is -2.08. The van der Waals surface area contributed by atoms with Gasteiger partial charge < -0.3 is 10.2 Å². The van der Waals surface area contributed by atoms with Gasteiger partial charge in [0.05, 0.1) is 9.79 Å². The van der Waals surface area contributed by atoms with Crippen LogP contribution in [0.5, 0.6) is 0 Å². The molecule has 0 unspecified atom stereocenters. The molecular formula is C22H18O8S. The van der Waals surface area contributed by atoms with Crippen LogP contribution in [0.2, 0.25) is 0 Å². The van der Waals surface area contributed by atoms with Crippen molar-refractivity contribution < 1.29 is 37.8 Å². The molecule has 2 rings (SSSR count). The fourth-order valence-corrected chi connectivity index (χ4v) is 4.03. The summed E-state index contributed by atoms with van der Waals surface area (Å²) in [4.78, 5) is 44.5. The number of hydrogen-bond donors (Lipinski definition) is 2. The molecule has 0 aliphatic heterocycles. The van der Waals surface area contributed by atoms with Crippen molar-refractivity contribution in [1.82, 2.24) is 0 Å². The third-order valence-electron chi connectivity index (χ3n) is 4.00. The Hall–Kier alpha value is -3.85. The Morgan fingerprint density at radius 3 is 1.42 bits per heavy atom. The number of aliphatic carboxylic acids is 2. The number of benzene rings is 2. The van der Waals surface area contributed by atoms with E-state index in [4.69, 9.17) is 10.2 Å². The van der Waals surface area contributed by atoms with E-state index < -0.39 is 33.3 Å². The molecule has 0 aromatic heterocycles. The zero-order valence-corrected chi connectivity index (χ0v) is 16.9. The Bertz CT molecular complexity index is 1100. The molecule has 160 valence electrons. The summed E-state index contributed by atoms with van der Waals surface area (Å²) in [7, 11) is -3.95. The van der Waals surface area contributed by atoms with Gasteiger partial charge in [0.25, 0.3) is 0 Å². The number of allylic oxidation sites excluding steroid dienone is 2. The summed E-state index contributed by atoms with van der Waals surface area (Å²) in [6, 6.07) is 11.4. The molecule has 0 bridgehead atoms. The average molecular weight is 442 g/mol. The summed E-state index contributed by atoms with van der Waals surface area (Å²) in [6.45, 7) is 0. The first-order valence-electron chi connectivity index (χ1n) is 8.88. The Balaban J connectivity index is 2.26. The minimum absolute atomic E-state index is 0.0609. The molecule has 0 saturated carbocycles. The molecule has 0 saturated heterocycles. The van der Waals surface area contributed by atoms with Crippen LogP contribution in [0.15, 0.2) is 82.6 Å². The van der Waals surface area contributed by atoms with Gasteiger partial charge in [0, 0.05) is 25.0 Å². The Labute approximate surface area is 178 Å². The first kappa shape index (κ1) is 23.4. The molecule has 9 heteroatoms. The van der Waals surface area contributed by atoms with Gasteiger partial charge in [0.2, 0.25) is 9.84 Å². The predicted octanol–water partition coefficient (Wildman–Crippen LogP) is 2.02. The largest absolute Gasteiger partial charge is 0.478 e. The van der Waals surface area contributed by atoms with Crippen LogP contribution in [0.4, 0.5) is 0 Å². The van der Waals surface area contributed by atoms with E-state index in [2.05, 4.69) is 0 Å². The number of hydrogen-bond acceptors (Lipinski definition) is 6. The quantitative estimate of drug-likeness (QED) is 0.532. The summed E-state index contributed by atoms with van der Waals surface area (Å²) < 4.78 is 26.0. The highest BCUT2D eigenvalue weighted by Gasteiger charge is 2.19. The molecule has 0 fully saturated rings. The lowest BCUT2D eigenvalue weighted by molar-refractivity contribution is -0.132. The van der Waals surface area contributed by atoms with E-state index in [9.17, 15) is 27.6 Å². The molecule has 0 atom stereocenters. The van der Waals surface area contributed by atoms with Crippen LogP contribution in [-0.2, 0) is 41.9 Å². The van der Waals surface area contributed by atoms with Crippen molar-refractivity contribution in [3.63, 3.8) is 0 Å². The van der Waals surface area contributed by atoms with E-state index in [0.717, 1.165) is 12.2 Å². The van der Waals surface area contributed by atoms with E-state index in [-0.39, 0.29) is 22.6 Å². The molecule has 2 aromatic carbocycles. The molecular weight excluding hydrogens is 424 g/mol. The van der Waals surface area contributed by atoms with Crippen molar-refractivity contribution in [3.8, 4) is 0 Å². The maximum Gasteiger partial charge on any atom is 0.328 e. The Morgan fingerprint density at radius 2 is 1.06 bits per heavy atom. The molecule has 0 amide bonds. The first-order chi connectivity index (χ1) is 14.6. The molecule has 8 nitrogen and oxygen atoms in total. The van der Waals surface area contributed by atoms with Gasteiger partial charge in [0.1, 0.15) is 0 Å². The number of carbonyl (C=O) groups is 4. The van der Waals surface area contributed by atoms with Gasteiger partial charge in [-0.3, -0.25) is 9.59 Å². The number of ketones is 2. The van der Waals surface area contributed by atoms with Crippen LogP contribution in [-0.4, -0.2) is 42.1 Å². The van der Waals surface area contributed by atoms with Crippen molar-refractivity contribution in [1.29, 1.82) is 0 Å². The summed E-state index contributed by atoms with van der Waals surface area (Å²) in [5.41, 5.74) is 0.789. The highest BCUT2D eigenvalue weighted by Crippen LogP contribution is 2.23. The van der Waals surface area contributed by atoms with Crippen molar-refractivity contribution in [2.75, 3.05) is 0 Å². The van der Waals surface area contributed by atoms with Crippen LogP contribution >= 0.6 is 0 Å². The van der Waals surface area contributed by atoms with Crippen LogP contribution in [0, 0.1) is 0 Å². The number of sulfone groups is 1. The van der Waals surface area contributed by atoms with Gasteiger partial charge in [-0.2, -0.15) is 0 Å². The monoisotopic (exact) mass is 442 g/mol. The average Bonchev–Trinajstić information content (AvgIpc) is 2.71. The summed E-state index contributed by atoms with van der Waals surface area (Å²) in [5.74, 6) is -3.51. The number of carboxylic acids is 2. The van der Waals surface area contributed by atoms with E-state index in [1.54, 1.807) is 12.1 Å². The standard InChI is InChI=1S/C22H18O8S/c23-17(7-9-21(25)26)11-15-3-1-5-19(13-15)31(29,30)20-6-2-4-16(14-20)12-18(24)8-10-22(27)28/h1-10,13-14H,11-12H2,(H,25,26)(H,27,28)/b9-7+,10-8+. The number of rotatable bonds is 10. The van der Waals surface area contributed by atoms with Crippen LogP contribution in [0.3, 0.4) is 0 Å². The second kappa shape index (κ2) is 10.3. The molecule has 0 radical (unpaired) electrons. The van der Waals surface area contributed by atoms with Gasteiger partial charge in [0.15, 0.2) is 11.6 Å². The molecule has 2 aromatic rings. The summed E-state index contributed by atoms with van der Waals surface area (Å²) in [5, 5.41) is 17.1. The second-order valence-electron chi connectivity index (χ2n) is 6.43. The molecule has 0 aliphatic rings. The maximum atomic E-state index is 13.0. The molecule has 0 aliphatic carbocycles. The summed E-state index contributed by atoms with van der Waals surface area (Å²) in [6.07, 6.45) is 2.89. The normalized spacial score (nSPS) is 11.6. The number of carboxylic acid groups (broad SMARTS) is 2. The lowest BCUT2D eigenvalue weighted by atomic mass is 10.1. The highest BCUT2D eigenvalue weighted by atomic mass is 32.2. The van der Waals surface area contributed by atoms with Crippen LogP contribution < -0.4 is 0 Å². The smallest absolute Gasteiger partial charge is 0.328 e. The molecule has 0 heterocycles. The minimum atomic E-state index is -3.95. The van der Waals surface area contributed by atoms with E-state index in [0.29, 0.717) is 23.3 Å². The zero-order chi connectivity index (χ0) is 23.0. The Kier molecular flexibility index (Phi) is 7.75. The van der Waals surface area contributed by atoms with Crippen molar-refractivity contribution >= 4 is 33.3 Å². The van der Waals surface area contributed by atoms with Crippen molar-refractivity contribution in [3.05, 3.63) is 84.0 Å². The summed E-state index contributed by atoms with van der Waals surface area (Å²) >= 11 is 0. The van der Waals surface area contributed by atoms with Gasteiger partial charge in [-0.15, -0.1) is 0 Å². The third kappa shape index (κ3) is 7.16. The van der Waals surface area contributed by atoms with Crippen molar-refractivity contribution in [2.45, 2.75) is 22.6 Å². The van der Waals surface area contributed by atoms with Gasteiger partial charge in [-0.1, -0.05) is 24.3 Å². The molecule has 31 heavy (non-hydrogen) atoms. The van der Waals surface area contributed by atoms with Crippen LogP contribution in [0.25, 0.3) is 0 Å². The van der Waals surface area contributed by atoms with E-state index in [1.165, 1.54) is 36.4 Å². The lowest BCUT2D eigenvalue weighted by Crippen LogP contribution is -2.06. The fourth-order valence-electron chi connectivity index (χ4n) is 2.63. The second-order valence-corrected chi connectivity index (χ2v) is 8.38. The number of carbonyl (C=O) groups excluding carboxylic acids is 2.